The Morgan fingerprint density at radius 3 is 1.61 bits per heavy atom. The van der Waals surface area contributed by atoms with Gasteiger partial charge in [-0.05, 0) is 6.42 Å². The molecule has 51 heavy (non-hydrogen) atoms. The molecule has 0 amide bonds. The smallest absolute Gasteiger partial charge is 0.305 e. The molecule has 0 radical (unpaired) electrons. The van der Waals surface area contributed by atoms with E-state index in [0.29, 0.717) is 6.42 Å². The Kier molecular flexibility index (Phi) is 19.4. The van der Waals surface area contributed by atoms with E-state index in [1.165, 1.54) is 51.4 Å². The van der Waals surface area contributed by atoms with Gasteiger partial charge in [0.1, 0.15) is 80.4 Å². The number of aliphatic hydroxyl groups is 10. The molecule has 17 heteroatoms. The van der Waals surface area contributed by atoms with Crippen LogP contribution in [0.3, 0.4) is 0 Å². The van der Waals surface area contributed by atoms with Crippen molar-refractivity contribution >= 4 is 5.97 Å². The zero-order valence-electron chi connectivity index (χ0n) is 29.6. The molecule has 0 saturated carbocycles. The highest BCUT2D eigenvalue weighted by molar-refractivity contribution is 5.69. The van der Waals surface area contributed by atoms with Crippen LogP contribution in [0.25, 0.3) is 0 Å². The molecule has 14 atom stereocenters. The molecule has 300 valence electrons. The summed E-state index contributed by atoms with van der Waals surface area (Å²) in [5.41, 5.74) is 0. The summed E-state index contributed by atoms with van der Waals surface area (Å²) in [5.74, 6) is -3.02. The Morgan fingerprint density at radius 1 is 0.588 bits per heavy atom. The Hall–Kier alpha value is -1.13. The van der Waals surface area contributed by atoms with Gasteiger partial charge >= 0.3 is 5.97 Å². The normalized spacial score (nSPS) is 38.6. The second-order valence-corrected chi connectivity index (χ2v) is 13.9. The summed E-state index contributed by atoms with van der Waals surface area (Å²) in [6, 6.07) is 0. The SMILES string of the molecule is CCCCCCCCCCCCCCCC(=O)OC[C@H]1O[C@H](O[C@H]2[C@H](O)[C@@H](CO)O[C@@]2(CO)O[C@H]2O[C@H](CO)[C@@H](O)[C@H](O)[C@H]2O)[C@H](O)[C@@H](O)[C@@H]1O. The third-order valence-corrected chi connectivity index (χ3v) is 9.88. The molecule has 3 aliphatic heterocycles. The van der Waals surface area contributed by atoms with Gasteiger partial charge < -0.3 is 79.5 Å². The molecule has 0 spiro atoms. The predicted octanol–water partition coefficient (Wildman–Crippen LogP) is -1.54. The van der Waals surface area contributed by atoms with Gasteiger partial charge in [0.25, 0.3) is 0 Å². The average molecular weight is 743 g/mol. The minimum atomic E-state index is -2.47. The molecule has 3 aliphatic rings. The largest absolute Gasteiger partial charge is 0.463 e. The van der Waals surface area contributed by atoms with Crippen molar-refractivity contribution in [3.05, 3.63) is 0 Å². The number of esters is 1. The number of aliphatic hydroxyl groups excluding tert-OH is 10. The highest BCUT2D eigenvalue weighted by Gasteiger charge is 2.61. The highest BCUT2D eigenvalue weighted by Crippen LogP contribution is 2.39. The van der Waals surface area contributed by atoms with Gasteiger partial charge in [0.05, 0.1) is 13.2 Å². The quantitative estimate of drug-likeness (QED) is 0.0420. The molecule has 0 aliphatic carbocycles. The van der Waals surface area contributed by atoms with E-state index in [4.69, 9.17) is 28.4 Å². The van der Waals surface area contributed by atoms with E-state index in [1.54, 1.807) is 0 Å². The first-order valence-corrected chi connectivity index (χ1v) is 18.5. The number of hydrogen-bond donors (Lipinski definition) is 10. The summed E-state index contributed by atoms with van der Waals surface area (Å²) in [6.07, 6.45) is -7.61. The van der Waals surface area contributed by atoms with Crippen LogP contribution in [0.2, 0.25) is 0 Å². The Bertz CT molecular complexity index is 975. The van der Waals surface area contributed by atoms with Crippen molar-refractivity contribution in [3.63, 3.8) is 0 Å². The maximum Gasteiger partial charge on any atom is 0.305 e. The number of carbonyl (C=O) groups is 1. The number of carbonyl (C=O) groups excluding carboxylic acids is 1. The van der Waals surface area contributed by atoms with Gasteiger partial charge in [0.15, 0.2) is 12.6 Å². The maximum atomic E-state index is 12.4. The van der Waals surface area contributed by atoms with Gasteiger partial charge in [0.2, 0.25) is 5.79 Å². The van der Waals surface area contributed by atoms with Crippen molar-refractivity contribution in [2.45, 2.75) is 182 Å². The van der Waals surface area contributed by atoms with Gasteiger partial charge in [-0.3, -0.25) is 4.79 Å². The molecular formula is C34H62O17. The Morgan fingerprint density at radius 2 is 1.08 bits per heavy atom. The topological polar surface area (TPSA) is 275 Å². The van der Waals surface area contributed by atoms with Crippen LogP contribution in [0, 0.1) is 0 Å². The summed E-state index contributed by atoms with van der Waals surface area (Å²) in [5, 5.41) is 103. The van der Waals surface area contributed by atoms with Gasteiger partial charge in [-0.25, -0.2) is 0 Å². The van der Waals surface area contributed by atoms with Crippen molar-refractivity contribution < 1.29 is 84.3 Å². The fourth-order valence-corrected chi connectivity index (χ4v) is 6.64. The summed E-state index contributed by atoms with van der Waals surface area (Å²) < 4.78 is 33.2. The molecule has 0 aromatic rings. The molecule has 0 unspecified atom stereocenters. The molecule has 3 heterocycles. The zero-order chi connectivity index (χ0) is 37.6. The lowest BCUT2D eigenvalue weighted by Crippen LogP contribution is -2.64. The van der Waals surface area contributed by atoms with Gasteiger partial charge in [-0.1, -0.05) is 84.0 Å². The second kappa shape index (κ2) is 22.3. The van der Waals surface area contributed by atoms with Gasteiger partial charge in [0, 0.05) is 6.42 Å². The van der Waals surface area contributed by atoms with Crippen LogP contribution >= 0.6 is 0 Å². The molecule has 10 N–H and O–H groups in total. The third-order valence-electron chi connectivity index (χ3n) is 9.88. The van der Waals surface area contributed by atoms with E-state index in [-0.39, 0.29) is 6.42 Å². The maximum absolute atomic E-state index is 12.4. The monoisotopic (exact) mass is 742 g/mol. The van der Waals surface area contributed by atoms with Crippen LogP contribution in [-0.2, 0) is 33.2 Å². The van der Waals surface area contributed by atoms with Crippen LogP contribution < -0.4 is 0 Å². The van der Waals surface area contributed by atoms with Crippen molar-refractivity contribution in [2.75, 3.05) is 26.4 Å². The van der Waals surface area contributed by atoms with Crippen molar-refractivity contribution in [2.24, 2.45) is 0 Å². The molecule has 3 fully saturated rings. The van der Waals surface area contributed by atoms with Crippen LogP contribution in [0.1, 0.15) is 96.8 Å². The lowest BCUT2D eigenvalue weighted by atomic mass is 9.98. The molecule has 0 aromatic heterocycles. The van der Waals surface area contributed by atoms with Crippen LogP contribution in [0.15, 0.2) is 0 Å². The summed E-state index contributed by atoms with van der Waals surface area (Å²) >= 11 is 0. The van der Waals surface area contributed by atoms with E-state index in [9.17, 15) is 55.9 Å². The van der Waals surface area contributed by atoms with Crippen molar-refractivity contribution in [3.8, 4) is 0 Å². The number of unbranched alkanes of at least 4 members (excludes halogenated alkanes) is 12. The number of hydrogen-bond acceptors (Lipinski definition) is 17. The van der Waals surface area contributed by atoms with Crippen LogP contribution in [-0.4, -0.2) is 169 Å². The second-order valence-electron chi connectivity index (χ2n) is 13.9. The van der Waals surface area contributed by atoms with E-state index in [0.717, 1.165) is 25.7 Å². The lowest BCUT2D eigenvalue weighted by molar-refractivity contribution is -0.400. The first kappa shape index (κ1) is 44.3. The fourth-order valence-electron chi connectivity index (χ4n) is 6.64. The molecule has 0 aromatic carbocycles. The minimum absolute atomic E-state index is 0.133. The first-order valence-electron chi connectivity index (χ1n) is 18.5. The van der Waals surface area contributed by atoms with Crippen molar-refractivity contribution in [1.29, 1.82) is 0 Å². The molecule has 17 nitrogen and oxygen atoms in total. The van der Waals surface area contributed by atoms with Crippen LogP contribution in [0.5, 0.6) is 0 Å². The van der Waals surface area contributed by atoms with E-state index < -0.39 is 118 Å². The minimum Gasteiger partial charge on any atom is -0.463 e. The Balaban J connectivity index is 1.50. The average Bonchev–Trinajstić information content (AvgIpc) is 3.39. The molecular weight excluding hydrogens is 680 g/mol. The lowest BCUT2D eigenvalue weighted by Gasteiger charge is -2.45. The number of ether oxygens (including phenoxy) is 6. The summed E-state index contributed by atoms with van der Waals surface area (Å²) in [4.78, 5) is 12.4. The fraction of sp³-hybridized carbons (Fsp3) is 0.971. The van der Waals surface area contributed by atoms with Crippen molar-refractivity contribution in [1.82, 2.24) is 0 Å². The predicted molar refractivity (Wildman–Crippen MR) is 175 cm³/mol. The Labute approximate surface area is 299 Å². The number of rotatable bonds is 23. The van der Waals surface area contributed by atoms with E-state index >= 15 is 0 Å². The van der Waals surface area contributed by atoms with Gasteiger partial charge in [-0.15, -0.1) is 0 Å². The highest BCUT2D eigenvalue weighted by atomic mass is 16.8. The van der Waals surface area contributed by atoms with E-state index in [1.807, 2.05) is 0 Å². The summed E-state index contributed by atoms with van der Waals surface area (Å²) in [6.45, 7) is -1.06. The van der Waals surface area contributed by atoms with E-state index in [2.05, 4.69) is 6.92 Å². The zero-order valence-corrected chi connectivity index (χ0v) is 29.6. The van der Waals surface area contributed by atoms with Gasteiger partial charge in [-0.2, -0.15) is 0 Å². The third kappa shape index (κ3) is 12.2. The van der Waals surface area contributed by atoms with Crippen LogP contribution in [0.4, 0.5) is 0 Å². The molecule has 0 bridgehead atoms. The first-order chi connectivity index (χ1) is 24.4. The summed E-state index contributed by atoms with van der Waals surface area (Å²) in [7, 11) is 0. The molecule has 3 rings (SSSR count). The molecule has 3 saturated heterocycles. The standard InChI is InChI=1S/C34H62O17/c1-2-3-4-5-6-7-8-9-10-11-12-13-14-15-23(38)46-18-22-25(40)28(43)29(44)32(48-22)49-31-26(41)21(17-36)50-34(31,19-37)51-33-30(45)27(42)24(39)20(16-35)47-33/h20-22,24-33,35-37,39-45H,2-19H2,1H3/t20-,21-,22-,24-,25-,26-,27+,28+,29-,30-,31+,32-,33-,34+/m1/s1.